The molecule has 1 N–H and O–H groups in total. The molecule has 10 heteroatoms. The number of rotatable bonds is 9. The van der Waals surface area contributed by atoms with Crippen LogP contribution in [0.25, 0.3) is 10.2 Å². The zero-order valence-electron chi connectivity index (χ0n) is 18.2. The lowest BCUT2D eigenvalue weighted by Crippen LogP contribution is -2.42. The molecule has 33 heavy (non-hydrogen) atoms. The van der Waals surface area contributed by atoms with Gasteiger partial charge >= 0.3 is 0 Å². The van der Waals surface area contributed by atoms with Gasteiger partial charge in [-0.1, -0.05) is 12.1 Å². The van der Waals surface area contributed by atoms with Crippen LogP contribution in [-0.4, -0.2) is 74.9 Å². The van der Waals surface area contributed by atoms with Gasteiger partial charge in [0, 0.05) is 13.1 Å². The summed E-state index contributed by atoms with van der Waals surface area (Å²) in [5, 5.41) is 3.16. The lowest BCUT2D eigenvalue weighted by atomic mass is 10.3. The molecule has 0 bridgehead atoms. The van der Waals surface area contributed by atoms with Crippen molar-refractivity contribution in [2.24, 2.45) is 0 Å². The van der Waals surface area contributed by atoms with Gasteiger partial charge in [0.05, 0.1) is 37.1 Å². The molecule has 1 saturated heterocycles. The number of nitrogens with zero attached hydrogens (tertiary/aromatic N) is 2. The SMILES string of the molecule is COc1ccccc1OCCNC(=O)c1nc2ccc(OCC(=O)N3CCOCC3)cc2s1. The number of thiazole rings is 1. The summed E-state index contributed by atoms with van der Waals surface area (Å²) < 4.78 is 22.6. The number of benzene rings is 2. The summed E-state index contributed by atoms with van der Waals surface area (Å²) in [5.74, 6) is 1.47. The van der Waals surface area contributed by atoms with Crippen LogP contribution in [0.3, 0.4) is 0 Å². The van der Waals surface area contributed by atoms with Crippen molar-refractivity contribution in [3.63, 3.8) is 0 Å². The molecule has 0 unspecified atom stereocenters. The van der Waals surface area contributed by atoms with Gasteiger partial charge in [-0.3, -0.25) is 9.59 Å². The van der Waals surface area contributed by atoms with E-state index >= 15 is 0 Å². The summed E-state index contributed by atoms with van der Waals surface area (Å²) >= 11 is 1.27. The Morgan fingerprint density at radius 3 is 2.70 bits per heavy atom. The van der Waals surface area contributed by atoms with E-state index in [1.54, 1.807) is 30.2 Å². The zero-order chi connectivity index (χ0) is 23.0. The second kappa shape index (κ2) is 11.0. The van der Waals surface area contributed by atoms with E-state index in [0.717, 1.165) is 4.70 Å². The molecule has 0 aliphatic carbocycles. The first kappa shape index (κ1) is 22.8. The van der Waals surface area contributed by atoms with Crippen molar-refractivity contribution in [2.45, 2.75) is 0 Å². The fraction of sp³-hybridized carbons (Fsp3) is 0.348. The van der Waals surface area contributed by atoms with Crippen LogP contribution < -0.4 is 19.5 Å². The summed E-state index contributed by atoms with van der Waals surface area (Å²) in [6.45, 7) is 2.85. The predicted octanol–water partition coefficient (Wildman–Crippen LogP) is 2.35. The van der Waals surface area contributed by atoms with E-state index in [2.05, 4.69) is 10.3 Å². The summed E-state index contributed by atoms with van der Waals surface area (Å²) in [6, 6.07) is 12.7. The highest BCUT2D eigenvalue weighted by molar-refractivity contribution is 7.20. The molecule has 2 aromatic carbocycles. The normalized spacial score (nSPS) is 13.5. The standard InChI is InChI=1S/C23H25N3O6S/c1-29-18-4-2-3-5-19(18)31-11-8-24-22(28)23-25-17-7-6-16(14-20(17)33-23)32-15-21(27)26-9-12-30-13-10-26/h2-7,14H,8-13,15H2,1H3,(H,24,28). The Hall–Kier alpha value is -3.37. The number of methoxy groups -OCH3 is 1. The molecular formula is C23H25N3O6S. The van der Waals surface area contributed by atoms with Crippen LogP contribution in [0.2, 0.25) is 0 Å². The maximum absolute atomic E-state index is 12.5. The van der Waals surface area contributed by atoms with E-state index in [4.69, 9.17) is 18.9 Å². The lowest BCUT2D eigenvalue weighted by Gasteiger charge is -2.26. The van der Waals surface area contributed by atoms with Gasteiger partial charge in [0.1, 0.15) is 12.4 Å². The molecule has 0 radical (unpaired) electrons. The van der Waals surface area contributed by atoms with Crippen molar-refractivity contribution < 1.29 is 28.5 Å². The summed E-state index contributed by atoms with van der Waals surface area (Å²) in [4.78, 5) is 30.9. The number of hydrogen-bond donors (Lipinski definition) is 1. The van der Waals surface area contributed by atoms with Crippen LogP contribution in [0.5, 0.6) is 17.2 Å². The van der Waals surface area contributed by atoms with Gasteiger partial charge < -0.3 is 29.2 Å². The lowest BCUT2D eigenvalue weighted by molar-refractivity contribution is -0.137. The third-order valence-electron chi connectivity index (χ3n) is 4.99. The highest BCUT2D eigenvalue weighted by Gasteiger charge is 2.18. The largest absolute Gasteiger partial charge is 0.493 e. The number of amides is 2. The Balaban J connectivity index is 1.28. The zero-order valence-corrected chi connectivity index (χ0v) is 19.1. The smallest absolute Gasteiger partial charge is 0.280 e. The first-order valence-electron chi connectivity index (χ1n) is 10.6. The molecule has 174 valence electrons. The third kappa shape index (κ3) is 5.91. The Kier molecular flexibility index (Phi) is 7.59. The second-order valence-corrected chi connectivity index (χ2v) is 8.22. The first-order chi connectivity index (χ1) is 16.1. The summed E-state index contributed by atoms with van der Waals surface area (Å²) in [5.41, 5.74) is 0.697. The molecule has 2 amide bonds. The minimum Gasteiger partial charge on any atom is -0.493 e. The van der Waals surface area contributed by atoms with E-state index in [9.17, 15) is 9.59 Å². The average Bonchev–Trinajstić information content (AvgIpc) is 3.29. The maximum atomic E-state index is 12.5. The monoisotopic (exact) mass is 471 g/mol. The molecule has 2 heterocycles. The fourth-order valence-corrected chi connectivity index (χ4v) is 4.19. The molecule has 3 aromatic rings. The molecule has 1 aliphatic rings. The van der Waals surface area contributed by atoms with E-state index < -0.39 is 0 Å². The molecule has 1 aliphatic heterocycles. The fourth-order valence-electron chi connectivity index (χ4n) is 3.28. The molecule has 4 rings (SSSR count). The number of hydrogen-bond acceptors (Lipinski definition) is 8. The molecular weight excluding hydrogens is 446 g/mol. The number of morpholine rings is 1. The van der Waals surface area contributed by atoms with Gasteiger partial charge in [-0.05, 0) is 30.3 Å². The number of ether oxygens (including phenoxy) is 4. The van der Waals surface area contributed by atoms with Crippen molar-refractivity contribution in [3.8, 4) is 17.2 Å². The number of para-hydroxylation sites is 2. The van der Waals surface area contributed by atoms with Gasteiger partial charge in [0.2, 0.25) is 0 Å². The highest BCUT2D eigenvalue weighted by Crippen LogP contribution is 2.27. The molecule has 1 fully saturated rings. The van der Waals surface area contributed by atoms with Crippen molar-refractivity contribution in [1.29, 1.82) is 0 Å². The van der Waals surface area contributed by atoms with Crippen LogP contribution in [0.1, 0.15) is 9.80 Å². The van der Waals surface area contributed by atoms with Crippen molar-refractivity contribution >= 4 is 33.4 Å². The van der Waals surface area contributed by atoms with E-state index in [-0.39, 0.29) is 18.4 Å². The topological polar surface area (TPSA) is 99.2 Å². The van der Waals surface area contributed by atoms with Gasteiger partial charge in [-0.25, -0.2) is 4.98 Å². The Morgan fingerprint density at radius 2 is 1.91 bits per heavy atom. The summed E-state index contributed by atoms with van der Waals surface area (Å²) in [7, 11) is 1.58. The quantitative estimate of drug-likeness (QED) is 0.478. The van der Waals surface area contributed by atoms with Crippen molar-refractivity contribution in [3.05, 3.63) is 47.5 Å². The van der Waals surface area contributed by atoms with Gasteiger partial charge in [0.25, 0.3) is 11.8 Å². The number of carbonyl (C=O) groups is 2. The van der Waals surface area contributed by atoms with E-state index in [0.29, 0.717) is 67.2 Å². The van der Waals surface area contributed by atoms with E-state index in [1.807, 2.05) is 24.3 Å². The van der Waals surface area contributed by atoms with Crippen LogP contribution in [-0.2, 0) is 9.53 Å². The van der Waals surface area contributed by atoms with E-state index in [1.165, 1.54) is 11.3 Å². The van der Waals surface area contributed by atoms with Crippen molar-refractivity contribution in [2.75, 3.05) is 53.2 Å². The third-order valence-corrected chi connectivity index (χ3v) is 6.01. The van der Waals surface area contributed by atoms with Crippen LogP contribution in [0.4, 0.5) is 0 Å². The highest BCUT2D eigenvalue weighted by atomic mass is 32.1. The van der Waals surface area contributed by atoms with Gasteiger partial charge in [-0.15, -0.1) is 11.3 Å². The van der Waals surface area contributed by atoms with Gasteiger partial charge in [0.15, 0.2) is 23.1 Å². The number of nitrogens with one attached hydrogen (secondary N) is 1. The average molecular weight is 472 g/mol. The van der Waals surface area contributed by atoms with Crippen LogP contribution in [0, 0.1) is 0 Å². The number of fused-ring (bicyclic) bond motifs is 1. The second-order valence-electron chi connectivity index (χ2n) is 7.19. The molecule has 0 saturated carbocycles. The molecule has 1 aromatic heterocycles. The van der Waals surface area contributed by atoms with Gasteiger partial charge in [-0.2, -0.15) is 0 Å². The minimum absolute atomic E-state index is 0.0378. The minimum atomic E-state index is -0.273. The summed E-state index contributed by atoms with van der Waals surface area (Å²) in [6.07, 6.45) is 0. The maximum Gasteiger partial charge on any atom is 0.280 e. The van der Waals surface area contributed by atoms with Crippen molar-refractivity contribution in [1.82, 2.24) is 15.2 Å². The molecule has 0 atom stereocenters. The Bertz CT molecular complexity index is 1110. The molecule has 9 nitrogen and oxygen atoms in total. The molecule has 0 spiro atoms. The number of aromatic nitrogens is 1. The number of carbonyl (C=O) groups excluding carboxylic acids is 2. The Morgan fingerprint density at radius 1 is 1.12 bits per heavy atom. The van der Waals surface area contributed by atoms with Crippen LogP contribution >= 0.6 is 11.3 Å². The first-order valence-corrected chi connectivity index (χ1v) is 11.4. The van der Waals surface area contributed by atoms with Crippen LogP contribution in [0.15, 0.2) is 42.5 Å². The Labute approximate surface area is 195 Å². The predicted molar refractivity (Wildman–Crippen MR) is 123 cm³/mol.